The first kappa shape index (κ1) is 16.8. The van der Waals surface area contributed by atoms with E-state index in [0.717, 1.165) is 6.42 Å². The third-order valence-electron chi connectivity index (χ3n) is 3.97. The van der Waals surface area contributed by atoms with Crippen molar-refractivity contribution in [2.75, 3.05) is 19.0 Å². The molecule has 126 valence electrons. The molecule has 0 bridgehead atoms. The summed E-state index contributed by atoms with van der Waals surface area (Å²) in [4.78, 5) is 27.5. The summed E-state index contributed by atoms with van der Waals surface area (Å²) in [6, 6.07) is 8.15. The van der Waals surface area contributed by atoms with Gasteiger partial charge in [0.15, 0.2) is 0 Å². The van der Waals surface area contributed by atoms with Crippen LogP contribution in [0.5, 0.6) is 5.75 Å². The van der Waals surface area contributed by atoms with E-state index < -0.39 is 6.04 Å². The van der Waals surface area contributed by atoms with Crippen LogP contribution >= 0.6 is 22.9 Å². The third-order valence-corrected chi connectivity index (χ3v) is 5.06. The summed E-state index contributed by atoms with van der Waals surface area (Å²) in [7, 11) is 1.53. The molecule has 1 saturated heterocycles. The Balaban J connectivity index is 1.77. The van der Waals surface area contributed by atoms with Crippen LogP contribution in [0.2, 0.25) is 5.02 Å². The number of nitrogens with one attached hydrogen (secondary N) is 1. The van der Waals surface area contributed by atoms with Crippen molar-refractivity contribution in [3.63, 3.8) is 0 Å². The Morgan fingerprint density at radius 2 is 2.21 bits per heavy atom. The highest BCUT2D eigenvalue weighted by Crippen LogP contribution is 2.29. The highest BCUT2D eigenvalue weighted by atomic mass is 35.5. The Morgan fingerprint density at radius 3 is 2.92 bits per heavy atom. The van der Waals surface area contributed by atoms with Crippen LogP contribution in [-0.2, 0) is 4.79 Å². The first-order chi connectivity index (χ1) is 11.6. The standard InChI is InChI=1S/C17H17ClN2O3S/c1-23-14-7-6-11(18)10-12(14)19-16(21)13-4-2-8-20(13)17(22)15-5-3-9-24-15/h3,5-7,9-10,13H,2,4,8H2,1H3,(H,19,21)/t13-/m0/s1. The van der Waals surface area contributed by atoms with E-state index in [1.807, 2.05) is 11.4 Å². The van der Waals surface area contributed by atoms with E-state index in [2.05, 4.69) is 5.32 Å². The predicted molar refractivity (Wildman–Crippen MR) is 95.0 cm³/mol. The van der Waals surface area contributed by atoms with Gasteiger partial charge in [0.05, 0.1) is 17.7 Å². The summed E-state index contributed by atoms with van der Waals surface area (Å²) in [5, 5.41) is 5.20. The van der Waals surface area contributed by atoms with Crippen LogP contribution in [0.4, 0.5) is 5.69 Å². The lowest BCUT2D eigenvalue weighted by Gasteiger charge is -2.23. The van der Waals surface area contributed by atoms with Gasteiger partial charge in [0.1, 0.15) is 11.8 Å². The summed E-state index contributed by atoms with van der Waals surface area (Å²) < 4.78 is 5.24. The number of hydrogen-bond donors (Lipinski definition) is 1. The lowest BCUT2D eigenvalue weighted by molar-refractivity contribution is -0.119. The summed E-state index contributed by atoms with van der Waals surface area (Å²) in [6.07, 6.45) is 1.45. The minimum absolute atomic E-state index is 0.0966. The summed E-state index contributed by atoms with van der Waals surface area (Å²) in [6.45, 7) is 0.585. The molecule has 2 amide bonds. The van der Waals surface area contributed by atoms with Gasteiger partial charge in [0.25, 0.3) is 5.91 Å². The molecule has 1 fully saturated rings. The van der Waals surface area contributed by atoms with Crippen molar-refractivity contribution in [3.05, 3.63) is 45.6 Å². The number of hydrogen-bond acceptors (Lipinski definition) is 4. The Labute approximate surface area is 149 Å². The molecule has 2 aromatic rings. The van der Waals surface area contributed by atoms with Crippen molar-refractivity contribution < 1.29 is 14.3 Å². The van der Waals surface area contributed by atoms with Crippen LogP contribution in [0.15, 0.2) is 35.7 Å². The fraction of sp³-hybridized carbons (Fsp3) is 0.294. The zero-order chi connectivity index (χ0) is 17.1. The van der Waals surface area contributed by atoms with Gasteiger partial charge in [-0.15, -0.1) is 11.3 Å². The molecule has 1 aromatic carbocycles. The quantitative estimate of drug-likeness (QED) is 0.900. The number of carbonyl (C=O) groups excluding carboxylic acids is 2. The Morgan fingerprint density at radius 1 is 1.38 bits per heavy atom. The van der Waals surface area contributed by atoms with E-state index in [-0.39, 0.29) is 11.8 Å². The number of ether oxygens (including phenoxy) is 1. The molecule has 1 aromatic heterocycles. The van der Waals surface area contributed by atoms with Gasteiger partial charge in [-0.1, -0.05) is 17.7 Å². The Hall–Kier alpha value is -2.05. The molecule has 1 N–H and O–H groups in total. The molecule has 0 radical (unpaired) electrons. The SMILES string of the molecule is COc1ccc(Cl)cc1NC(=O)[C@@H]1CCCN1C(=O)c1cccs1. The highest BCUT2D eigenvalue weighted by molar-refractivity contribution is 7.12. The number of likely N-dealkylation sites (tertiary alicyclic amines) is 1. The first-order valence-electron chi connectivity index (χ1n) is 7.59. The molecule has 1 aliphatic heterocycles. The van der Waals surface area contributed by atoms with Crippen LogP contribution in [0.3, 0.4) is 0 Å². The molecular weight excluding hydrogens is 348 g/mol. The van der Waals surface area contributed by atoms with Crippen LogP contribution in [0.1, 0.15) is 22.5 Å². The summed E-state index contributed by atoms with van der Waals surface area (Å²) in [5.41, 5.74) is 0.505. The van der Waals surface area contributed by atoms with Gasteiger partial charge < -0.3 is 15.0 Å². The number of rotatable bonds is 4. The molecule has 1 atom stereocenters. The highest BCUT2D eigenvalue weighted by Gasteiger charge is 2.35. The van der Waals surface area contributed by atoms with Crippen molar-refractivity contribution >= 4 is 40.4 Å². The van der Waals surface area contributed by atoms with Crippen LogP contribution < -0.4 is 10.1 Å². The van der Waals surface area contributed by atoms with Gasteiger partial charge >= 0.3 is 0 Å². The van der Waals surface area contributed by atoms with Crippen molar-refractivity contribution in [2.45, 2.75) is 18.9 Å². The molecule has 0 unspecified atom stereocenters. The van der Waals surface area contributed by atoms with Crippen molar-refractivity contribution in [3.8, 4) is 5.75 Å². The van der Waals surface area contributed by atoms with E-state index in [9.17, 15) is 9.59 Å². The molecule has 2 heterocycles. The van der Waals surface area contributed by atoms with E-state index >= 15 is 0 Å². The van der Waals surface area contributed by atoms with Gasteiger partial charge in [-0.3, -0.25) is 9.59 Å². The largest absolute Gasteiger partial charge is 0.495 e. The minimum atomic E-state index is -0.483. The molecule has 5 nitrogen and oxygen atoms in total. The van der Waals surface area contributed by atoms with Crippen LogP contribution in [-0.4, -0.2) is 36.4 Å². The molecule has 0 spiro atoms. The second-order valence-electron chi connectivity index (χ2n) is 5.47. The molecular formula is C17H17ClN2O3S. The number of amides is 2. The van der Waals surface area contributed by atoms with E-state index in [1.165, 1.54) is 18.4 Å². The number of methoxy groups -OCH3 is 1. The maximum Gasteiger partial charge on any atom is 0.264 e. The van der Waals surface area contributed by atoms with Gasteiger partial charge in [-0.25, -0.2) is 0 Å². The van der Waals surface area contributed by atoms with Crippen LogP contribution in [0, 0.1) is 0 Å². The topological polar surface area (TPSA) is 58.6 Å². The predicted octanol–water partition coefficient (Wildman–Crippen LogP) is 3.65. The Bertz CT molecular complexity index is 748. The van der Waals surface area contributed by atoms with Gasteiger partial charge in [-0.2, -0.15) is 0 Å². The lowest BCUT2D eigenvalue weighted by Crippen LogP contribution is -2.43. The van der Waals surface area contributed by atoms with Gasteiger partial charge in [0.2, 0.25) is 5.91 Å². The number of carbonyl (C=O) groups is 2. The van der Waals surface area contributed by atoms with Crippen LogP contribution in [0.25, 0.3) is 0 Å². The van der Waals surface area contributed by atoms with E-state index in [0.29, 0.717) is 34.3 Å². The molecule has 0 aliphatic carbocycles. The van der Waals surface area contributed by atoms with Crippen molar-refractivity contribution in [1.82, 2.24) is 4.90 Å². The van der Waals surface area contributed by atoms with E-state index in [1.54, 1.807) is 29.2 Å². The first-order valence-corrected chi connectivity index (χ1v) is 8.85. The monoisotopic (exact) mass is 364 g/mol. The molecule has 1 aliphatic rings. The molecule has 0 saturated carbocycles. The Kier molecular flexibility index (Phi) is 5.06. The van der Waals surface area contributed by atoms with Crippen molar-refractivity contribution in [1.29, 1.82) is 0 Å². The van der Waals surface area contributed by atoms with Crippen molar-refractivity contribution in [2.24, 2.45) is 0 Å². The normalized spacial score (nSPS) is 16.9. The fourth-order valence-electron chi connectivity index (χ4n) is 2.82. The van der Waals surface area contributed by atoms with Gasteiger partial charge in [0, 0.05) is 11.6 Å². The fourth-order valence-corrected chi connectivity index (χ4v) is 3.67. The number of thiophene rings is 1. The number of nitrogens with zero attached hydrogens (tertiary/aromatic N) is 1. The lowest BCUT2D eigenvalue weighted by atomic mass is 10.2. The average Bonchev–Trinajstić information content (AvgIpc) is 3.26. The minimum Gasteiger partial charge on any atom is -0.495 e. The number of anilines is 1. The van der Waals surface area contributed by atoms with Gasteiger partial charge in [-0.05, 0) is 42.5 Å². The average molecular weight is 365 g/mol. The summed E-state index contributed by atoms with van der Waals surface area (Å²) in [5.74, 6) is 0.209. The maximum atomic E-state index is 12.7. The smallest absolute Gasteiger partial charge is 0.264 e. The summed E-state index contributed by atoms with van der Waals surface area (Å²) >= 11 is 7.38. The molecule has 7 heteroatoms. The second kappa shape index (κ2) is 7.23. The number of halogens is 1. The third kappa shape index (κ3) is 3.39. The maximum absolute atomic E-state index is 12.7. The molecule has 24 heavy (non-hydrogen) atoms. The molecule has 3 rings (SSSR count). The van der Waals surface area contributed by atoms with E-state index in [4.69, 9.17) is 16.3 Å². The zero-order valence-corrected chi connectivity index (χ0v) is 14.7. The second-order valence-corrected chi connectivity index (χ2v) is 6.85. The number of benzene rings is 1. The zero-order valence-electron chi connectivity index (χ0n) is 13.1.